The van der Waals surface area contributed by atoms with Gasteiger partial charge in [-0.3, -0.25) is 0 Å². The zero-order chi connectivity index (χ0) is 30.9. The van der Waals surface area contributed by atoms with E-state index in [4.69, 9.17) is 47.4 Å². The number of nitrogens with one attached hydrogen (secondary N) is 1. The van der Waals surface area contributed by atoms with Crippen LogP contribution in [0.1, 0.15) is 27.7 Å². The number of hydrogen-bond donors (Lipinski definition) is 1. The van der Waals surface area contributed by atoms with Crippen LogP contribution in [0.3, 0.4) is 0 Å². The van der Waals surface area contributed by atoms with Crippen LogP contribution in [-0.2, 0) is 42.6 Å². The summed E-state index contributed by atoms with van der Waals surface area (Å²) in [5.74, 6) is 1.29. The van der Waals surface area contributed by atoms with Crippen molar-refractivity contribution >= 4 is 17.5 Å². The third-order valence-corrected chi connectivity index (χ3v) is 6.34. The highest BCUT2D eigenvalue weighted by Gasteiger charge is 2.22. The first-order valence-corrected chi connectivity index (χ1v) is 15.9. The predicted molar refractivity (Wildman–Crippen MR) is 162 cm³/mol. The summed E-state index contributed by atoms with van der Waals surface area (Å²) in [7, 11) is 0. The zero-order valence-corrected chi connectivity index (χ0v) is 27.4. The maximum Gasteiger partial charge on any atom is 0.270 e. The first-order valence-electron chi connectivity index (χ1n) is 15.2. The van der Waals surface area contributed by atoms with Crippen LogP contribution in [0.4, 0.5) is 5.82 Å². The average molecular weight is 639 g/mol. The zero-order valence-electron chi connectivity index (χ0n) is 26.6. The first kappa shape index (κ1) is 37.9. The van der Waals surface area contributed by atoms with E-state index >= 15 is 0 Å². The molecule has 15 heteroatoms. The summed E-state index contributed by atoms with van der Waals surface area (Å²) < 4.78 is 64.4. The fourth-order valence-electron chi connectivity index (χ4n) is 3.56. The minimum atomic E-state index is -0.230. The summed E-state index contributed by atoms with van der Waals surface area (Å²) in [5, 5.41) is 3.46. The number of morpholine rings is 1. The number of anilines is 1. The quantitative estimate of drug-likeness (QED) is 0.105. The number of hydrogen-bond acceptors (Lipinski definition) is 15. The second kappa shape index (κ2) is 25.0. The normalized spacial score (nSPS) is 14.8. The first-order chi connectivity index (χ1) is 21.0. The summed E-state index contributed by atoms with van der Waals surface area (Å²) >= 11 is 1.14. The molecule has 0 radical (unpaired) electrons. The number of rotatable bonds is 28. The molecule has 0 saturated carbocycles. The molecule has 0 aromatic carbocycles. The van der Waals surface area contributed by atoms with Crippen molar-refractivity contribution in [2.24, 2.45) is 0 Å². The Kier molecular flexibility index (Phi) is 22.1. The van der Waals surface area contributed by atoms with E-state index in [1.165, 1.54) is 0 Å². The van der Waals surface area contributed by atoms with Crippen molar-refractivity contribution in [3.63, 3.8) is 0 Å². The van der Waals surface area contributed by atoms with Crippen LogP contribution in [0.25, 0.3) is 0 Å². The van der Waals surface area contributed by atoms with Crippen LogP contribution in [0.5, 0.6) is 5.88 Å². The van der Waals surface area contributed by atoms with E-state index in [1.54, 1.807) is 0 Å². The van der Waals surface area contributed by atoms with Crippen LogP contribution in [-0.4, -0.2) is 153 Å². The molecule has 43 heavy (non-hydrogen) atoms. The average Bonchev–Trinajstić information content (AvgIpc) is 3.47. The molecule has 14 nitrogen and oxygen atoms in total. The van der Waals surface area contributed by atoms with Crippen LogP contribution in [0, 0.1) is 0 Å². The van der Waals surface area contributed by atoms with Gasteiger partial charge in [0.2, 0.25) is 5.82 Å². The maximum absolute atomic E-state index is 6.03. The minimum absolute atomic E-state index is 0.0559. The molecule has 1 aromatic rings. The van der Waals surface area contributed by atoms with E-state index in [9.17, 15) is 0 Å². The van der Waals surface area contributed by atoms with E-state index in [1.807, 2.05) is 6.92 Å². The SMILES string of the molecule is CCOCCOCCOCCOCCOCCOCCOCOC(CNC(C)(C)C)COc1nsnc1N1CCOCC1. The smallest absolute Gasteiger partial charge is 0.270 e. The molecule has 0 bridgehead atoms. The lowest BCUT2D eigenvalue weighted by atomic mass is 10.1. The van der Waals surface area contributed by atoms with Gasteiger partial charge in [-0.05, 0) is 27.7 Å². The van der Waals surface area contributed by atoms with Crippen LogP contribution >= 0.6 is 11.7 Å². The van der Waals surface area contributed by atoms with Gasteiger partial charge < -0.3 is 57.6 Å². The van der Waals surface area contributed by atoms with Crippen LogP contribution in [0.2, 0.25) is 0 Å². The van der Waals surface area contributed by atoms with Gasteiger partial charge >= 0.3 is 0 Å². The Labute approximate surface area is 261 Å². The van der Waals surface area contributed by atoms with E-state index < -0.39 is 0 Å². The summed E-state index contributed by atoms with van der Waals surface area (Å²) in [5.41, 5.74) is -0.0559. The van der Waals surface area contributed by atoms with Gasteiger partial charge in [-0.1, -0.05) is 0 Å². The fourth-order valence-corrected chi connectivity index (χ4v) is 4.08. The third-order valence-electron chi connectivity index (χ3n) is 5.84. The second-order valence-electron chi connectivity index (χ2n) is 10.5. The Morgan fingerprint density at radius 3 is 1.79 bits per heavy atom. The van der Waals surface area contributed by atoms with E-state index in [0.717, 1.165) is 30.6 Å². The highest BCUT2D eigenvalue weighted by Crippen LogP contribution is 2.26. The summed E-state index contributed by atoms with van der Waals surface area (Å²) in [4.78, 5) is 2.13. The Balaban J connectivity index is 1.44. The Hall–Kier alpha value is -1.24. The molecule has 252 valence electrons. The summed E-state index contributed by atoms with van der Waals surface area (Å²) in [6.07, 6.45) is -0.230. The van der Waals surface area contributed by atoms with E-state index in [2.05, 4.69) is 39.7 Å². The van der Waals surface area contributed by atoms with Crippen molar-refractivity contribution < 1.29 is 47.4 Å². The number of nitrogens with zero attached hydrogens (tertiary/aromatic N) is 3. The lowest BCUT2D eigenvalue weighted by Crippen LogP contribution is -2.44. The molecule has 1 saturated heterocycles. The fraction of sp³-hybridized carbons (Fsp3) is 0.929. The largest absolute Gasteiger partial charge is 0.472 e. The van der Waals surface area contributed by atoms with Gasteiger partial charge in [0, 0.05) is 31.8 Å². The molecule has 1 unspecified atom stereocenters. The topological polar surface area (TPSA) is 133 Å². The summed E-state index contributed by atoms with van der Waals surface area (Å²) in [6, 6.07) is 0. The highest BCUT2D eigenvalue weighted by atomic mass is 32.1. The van der Waals surface area contributed by atoms with E-state index in [0.29, 0.717) is 118 Å². The molecule has 1 aliphatic heterocycles. The molecular formula is C28H54N4O10S. The molecule has 1 fully saturated rings. The van der Waals surface area contributed by atoms with Crippen molar-refractivity contribution in [2.75, 3.05) is 137 Å². The van der Waals surface area contributed by atoms with Gasteiger partial charge in [-0.2, -0.15) is 4.37 Å². The van der Waals surface area contributed by atoms with Gasteiger partial charge in [0.1, 0.15) is 19.5 Å². The van der Waals surface area contributed by atoms with Gasteiger partial charge in [-0.25, -0.2) is 0 Å². The van der Waals surface area contributed by atoms with Crippen molar-refractivity contribution in [3.8, 4) is 5.88 Å². The molecule has 0 amide bonds. The number of ether oxygens (including phenoxy) is 10. The Morgan fingerprint density at radius 2 is 1.28 bits per heavy atom. The van der Waals surface area contributed by atoms with Crippen molar-refractivity contribution in [1.29, 1.82) is 0 Å². The Bertz CT molecular complexity index is 768. The Morgan fingerprint density at radius 1 is 0.767 bits per heavy atom. The van der Waals surface area contributed by atoms with Crippen molar-refractivity contribution in [3.05, 3.63) is 0 Å². The van der Waals surface area contributed by atoms with Gasteiger partial charge in [-0.15, -0.1) is 4.37 Å². The minimum Gasteiger partial charge on any atom is -0.472 e. The molecule has 2 rings (SSSR count). The predicted octanol–water partition coefficient (Wildman–Crippen LogP) is 1.62. The highest BCUT2D eigenvalue weighted by molar-refractivity contribution is 6.99. The van der Waals surface area contributed by atoms with Gasteiger partial charge in [0.05, 0.1) is 104 Å². The van der Waals surface area contributed by atoms with Crippen molar-refractivity contribution in [1.82, 2.24) is 14.1 Å². The number of aromatic nitrogens is 2. The molecule has 0 aliphatic carbocycles. The summed E-state index contributed by atoms with van der Waals surface area (Å²) in [6.45, 7) is 19.2. The lowest BCUT2D eigenvalue weighted by molar-refractivity contribution is -0.110. The van der Waals surface area contributed by atoms with Crippen LogP contribution in [0.15, 0.2) is 0 Å². The molecular weight excluding hydrogens is 584 g/mol. The molecule has 1 N–H and O–H groups in total. The molecule has 0 spiro atoms. The van der Waals surface area contributed by atoms with Crippen molar-refractivity contribution in [2.45, 2.75) is 39.3 Å². The van der Waals surface area contributed by atoms with E-state index in [-0.39, 0.29) is 18.4 Å². The maximum atomic E-state index is 6.03. The van der Waals surface area contributed by atoms with Crippen LogP contribution < -0.4 is 15.0 Å². The molecule has 1 aromatic heterocycles. The third kappa shape index (κ3) is 20.4. The standard InChI is InChI=1S/C28H54N4O10S/c1-5-33-10-11-35-12-13-36-14-15-37-16-17-38-18-19-39-20-21-40-24-42-25(22-29-28(2,3)4)23-41-27-26(30-43-31-27)32-6-8-34-9-7-32/h25,29H,5-24H2,1-4H3. The molecule has 1 aliphatic rings. The van der Waals surface area contributed by atoms with Gasteiger partial charge in [0.15, 0.2) is 0 Å². The lowest BCUT2D eigenvalue weighted by Gasteiger charge is -2.27. The second-order valence-corrected chi connectivity index (χ2v) is 11.0. The van der Waals surface area contributed by atoms with Gasteiger partial charge in [0.25, 0.3) is 5.88 Å². The monoisotopic (exact) mass is 638 g/mol. The molecule has 2 heterocycles. The molecule has 1 atom stereocenters.